The van der Waals surface area contributed by atoms with Crippen LogP contribution in [0.3, 0.4) is 0 Å². The second-order valence-electron chi connectivity index (χ2n) is 8.19. The Balaban J connectivity index is 1.57. The highest BCUT2D eigenvalue weighted by Gasteiger charge is 2.62. The van der Waals surface area contributed by atoms with Crippen molar-refractivity contribution in [3.63, 3.8) is 0 Å². The molecule has 200 valence electrons. The summed E-state index contributed by atoms with van der Waals surface area (Å²) in [4.78, 5) is 17.9. The predicted octanol–water partition coefficient (Wildman–Crippen LogP) is 7.78. The average Bonchev–Trinajstić information content (AvgIpc) is 3.31. The molecule has 0 saturated carbocycles. The van der Waals surface area contributed by atoms with Crippen LogP contribution in [0.5, 0.6) is 0 Å². The van der Waals surface area contributed by atoms with Gasteiger partial charge in [0.15, 0.2) is 16.8 Å². The van der Waals surface area contributed by atoms with E-state index in [0.717, 1.165) is 12.1 Å². The number of rotatable bonds is 5. The maximum absolute atomic E-state index is 14.2. The van der Waals surface area contributed by atoms with E-state index in [4.69, 9.17) is 51.2 Å². The van der Waals surface area contributed by atoms with Gasteiger partial charge in [0.25, 0.3) is 11.5 Å². The molecule has 3 aromatic carbocycles. The molecule has 0 fully saturated rings. The molecule has 2 atom stereocenters. The molecule has 0 spiro atoms. The van der Waals surface area contributed by atoms with Gasteiger partial charge in [-0.15, -0.1) is 0 Å². The fourth-order valence-electron chi connectivity index (χ4n) is 3.74. The van der Waals surface area contributed by atoms with Crippen molar-refractivity contribution >= 4 is 69.0 Å². The lowest BCUT2D eigenvalue weighted by Crippen LogP contribution is -2.42. The zero-order chi connectivity index (χ0) is 28.0. The summed E-state index contributed by atoms with van der Waals surface area (Å²) in [6.07, 6.45) is -5.73. The lowest BCUT2D eigenvalue weighted by Gasteiger charge is -2.29. The molecule has 14 heteroatoms. The Hall–Kier alpha value is -2.37. The number of hydrogen-bond acceptors (Lipinski definition) is 4. The molecule has 0 aliphatic carbocycles. The van der Waals surface area contributed by atoms with Crippen LogP contribution < -0.4 is 4.72 Å². The highest BCUT2D eigenvalue weighted by atomic mass is 35.5. The lowest BCUT2D eigenvalue weighted by atomic mass is 9.86. The molecular formula is C24H14Cl4F4N2O3S. The third kappa shape index (κ3) is 5.37. The normalized spacial score (nSPS) is 18.1. The first-order valence-corrected chi connectivity index (χ1v) is 13.2. The van der Waals surface area contributed by atoms with Crippen molar-refractivity contribution < 1.29 is 31.4 Å². The minimum atomic E-state index is -4.97. The number of benzene rings is 3. The number of halogens is 8. The van der Waals surface area contributed by atoms with Gasteiger partial charge in [0.2, 0.25) is 0 Å². The second kappa shape index (κ2) is 10.7. The number of carbonyl (C=O) groups is 1. The number of hydrogen-bond donors (Lipinski definition) is 1. The van der Waals surface area contributed by atoms with Crippen molar-refractivity contribution in [2.45, 2.75) is 30.0 Å². The molecule has 0 radical (unpaired) electrons. The van der Waals surface area contributed by atoms with Gasteiger partial charge in [0, 0.05) is 17.5 Å². The van der Waals surface area contributed by atoms with Crippen LogP contribution in [0, 0.1) is 12.7 Å². The van der Waals surface area contributed by atoms with Crippen LogP contribution in [0.25, 0.3) is 0 Å². The molecule has 1 heterocycles. The molecule has 1 N–H and O–H groups in total. The summed E-state index contributed by atoms with van der Waals surface area (Å²) in [7, 11) is -1.96. The quantitative estimate of drug-likeness (QED) is 0.232. The molecule has 0 aromatic heterocycles. The highest BCUT2D eigenvalue weighted by molar-refractivity contribution is 7.83. The number of alkyl halides is 3. The monoisotopic (exact) mass is 626 g/mol. The van der Waals surface area contributed by atoms with Crippen LogP contribution in [-0.4, -0.2) is 22.0 Å². The van der Waals surface area contributed by atoms with Crippen molar-refractivity contribution in [2.75, 3.05) is 0 Å². The molecule has 3 aromatic rings. The summed E-state index contributed by atoms with van der Waals surface area (Å²) < 4.78 is 71.4. The number of carbonyl (C=O) groups excluding carboxylic acids is 1. The topological polar surface area (TPSA) is 67.8 Å². The van der Waals surface area contributed by atoms with Crippen LogP contribution in [-0.2, 0) is 21.4 Å². The molecule has 0 bridgehead atoms. The molecule has 4 rings (SSSR count). The van der Waals surface area contributed by atoms with Crippen LogP contribution >= 0.6 is 46.4 Å². The largest absolute Gasteiger partial charge is 0.435 e. The molecular weight excluding hydrogens is 614 g/mol. The lowest BCUT2D eigenvalue weighted by molar-refractivity contribution is -0.275. The van der Waals surface area contributed by atoms with Gasteiger partial charge in [-0.05, 0) is 60.5 Å². The fourth-order valence-corrected chi connectivity index (χ4v) is 5.40. The van der Waals surface area contributed by atoms with Crippen LogP contribution in [0.1, 0.15) is 33.5 Å². The molecule has 1 aliphatic heterocycles. The smallest absolute Gasteiger partial charge is 0.374 e. The maximum Gasteiger partial charge on any atom is 0.435 e. The minimum absolute atomic E-state index is 0.0756. The van der Waals surface area contributed by atoms with E-state index in [2.05, 4.69) is 9.88 Å². The van der Waals surface area contributed by atoms with E-state index in [9.17, 15) is 26.6 Å². The van der Waals surface area contributed by atoms with Gasteiger partial charge in [-0.3, -0.25) is 9.52 Å². The Morgan fingerprint density at radius 1 is 1.00 bits per heavy atom. The van der Waals surface area contributed by atoms with Gasteiger partial charge in [-0.2, -0.15) is 13.2 Å². The first kappa shape index (κ1) is 28.6. The van der Waals surface area contributed by atoms with Gasteiger partial charge in [-0.25, -0.2) is 8.60 Å². The predicted molar refractivity (Wildman–Crippen MR) is 138 cm³/mol. The average molecular weight is 628 g/mol. The van der Waals surface area contributed by atoms with E-state index >= 15 is 0 Å². The van der Waals surface area contributed by atoms with E-state index < -0.39 is 56.5 Å². The van der Waals surface area contributed by atoms with Crippen molar-refractivity contribution in [1.82, 2.24) is 4.72 Å². The summed E-state index contributed by atoms with van der Waals surface area (Å²) in [5.74, 6) is -1.75. The number of oxime groups is 1. The summed E-state index contributed by atoms with van der Waals surface area (Å²) in [5.41, 5.74) is -2.81. The minimum Gasteiger partial charge on any atom is -0.374 e. The van der Waals surface area contributed by atoms with Crippen molar-refractivity contribution in [3.05, 3.63) is 96.7 Å². The van der Waals surface area contributed by atoms with E-state index in [0.29, 0.717) is 5.56 Å². The van der Waals surface area contributed by atoms with Gasteiger partial charge in [0.1, 0.15) is 0 Å². The summed E-state index contributed by atoms with van der Waals surface area (Å²) in [6, 6.07) is 9.98. The van der Waals surface area contributed by atoms with Crippen LogP contribution in [0.4, 0.5) is 17.6 Å². The van der Waals surface area contributed by atoms with Crippen molar-refractivity contribution in [3.8, 4) is 0 Å². The van der Waals surface area contributed by atoms with Crippen LogP contribution in [0.15, 0.2) is 58.6 Å². The molecule has 1 amide bonds. The number of nitrogens with zero attached hydrogens (tertiary/aromatic N) is 1. The van der Waals surface area contributed by atoms with E-state index in [1.54, 1.807) is 6.92 Å². The summed E-state index contributed by atoms with van der Waals surface area (Å²) >= 11 is 23.2. The Kier molecular flexibility index (Phi) is 8.03. The van der Waals surface area contributed by atoms with E-state index in [1.165, 1.54) is 36.4 Å². The van der Waals surface area contributed by atoms with Gasteiger partial charge in [0.05, 0.1) is 30.7 Å². The highest BCUT2D eigenvalue weighted by Crippen LogP contribution is 2.50. The summed E-state index contributed by atoms with van der Waals surface area (Å²) in [6.45, 7) is 1.55. The Morgan fingerprint density at radius 2 is 1.66 bits per heavy atom. The zero-order valence-electron chi connectivity index (χ0n) is 18.9. The van der Waals surface area contributed by atoms with Crippen molar-refractivity contribution in [1.29, 1.82) is 0 Å². The number of aryl methyl sites for hydroxylation is 1. The van der Waals surface area contributed by atoms with Crippen LogP contribution in [0.2, 0.25) is 20.1 Å². The number of nitrogens with one attached hydrogen (secondary N) is 1. The van der Waals surface area contributed by atoms with Gasteiger partial charge >= 0.3 is 6.18 Å². The number of amides is 1. The molecule has 1 aliphatic rings. The first-order chi connectivity index (χ1) is 17.7. The first-order valence-electron chi connectivity index (χ1n) is 10.5. The summed E-state index contributed by atoms with van der Waals surface area (Å²) in [5, 5.41) is 2.86. The molecule has 0 saturated heterocycles. The Labute approximate surface area is 236 Å². The third-order valence-electron chi connectivity index (χ3n) is 5.73. The van der Waals surface area contributed by atoms with E-state index in [-0.39, 0.29) is 31.8 Å². The Bertz CT molecular complexity index is 1490. The second-order valence-corrected chi connectivity index (χ2v) is 11.0. The molecule has 2 unspecified atom stereocenters. The zero-order valence-corrected chi connectivity index (χ0v) is 22.8. The molecule has 5 nitrogen and oxygen atoms in total. The van der Waals surface area contributed by atoms with Gasteiger partial charge in [-0.1, -0.05) is 57.6 Å². The van der Waals surface area contributed by atoms with E-state index in [1.807, 2.05) is 0 Å². The Morgan fingerprint density at radius 3 is 2.24 bits per heavy atom. The maximum atomic E-state index is 14.2. The fraction of sp³-hybridized carbons (Fsp3) is 0.167. The third-order valence-corrected chi connectivity index (χ3v) is 8.07. The SMILES string of the molecule is Cc1cc(C2=NOC(c3cc(Cl)c(F)c(Cl)c3)(C(F)(F)F)C2)ccc1C(=O)NS(=O)c1ccc(Cl)c(Cl)c1. The standard InChI is InChI=1S/C24H14Cl4F4N2O3S/c1-11-6-12(2-4-15(11)22(35)34-38(36)14-3-5-16(25)17(26)9-14)20-10-23(37-33-20,24(30,31)32)13-7-18(27)21(29)19(28)8-13/h2-9H,10H2,1H3,(H,34,35). The van der Waals surface area contributed by atoms with Gasteiger partial charge < -0.3 is 4.84 Å². The molecule has 38 heavy (non-hydrogen) atoms. The van der Waals surface area contributed by atoms with Crippen molar-refractivity contribution in [2.24, 2.45) is 5.16 Å².